The van der Waals surface area contributed by atoms with Gasteiger partial charge in [0.05, 0.1) is 12.8 Å². The van der Waals surface area contributed by atoms with E-state index in [1.54, 1.807) is 30.5 Å². The fraction of sp³-hybridized carbons (Fsp3) is 0.200. The van der Waals surface area contributed by atoms with Crippen molar-refractivity contribution in [2.24, 2.45) is 10.2 Å². The lowest BCUT2D eigenvalue weighted by molar-refractivity contribution is -0.123. The Morgan fingerprint density at radius 1 is 1.25 bits per heavy atom. The third-order valence-electron chi connectivity index (χ3n) is 3.75. The number of nitrogens with zero attached hydrogens (tertiary/aromatic N) is 2. The van der Waals surface area contributed by atoms with Crippen molar-refractivity contribution in [1.29, 1.82) is 0 Å². The van der Waals surface area contributed by atoms with Crippen molar-refractivity contribution < 1.29 is 14.3 Å². The van der Waals surface area contributed by atoms with Gasteiger partial charge in [0.15, 0.2) is 5.17 Å². The van der Waals surface area contributed by atoms with Crippen LogP contribution in [0.5, 0.6) is 5.75 Å². The summed E-state index contributed by atoms with van der Waals surface area (Å²) < 4.78 is 5.38. The predicted octanol–water partition coefficient (Wildman–Crippen LogP) is 3.04. The van der Waals surface area contributed by atoms with Crippen LogP contribution in [0.15, 0.2) is 64.8 Å². The summed E-state index contributed by atoms with van der Waals surface area (Å²) in [5, 5.41) is 13.2. The molecule has 3 rings (SSSR count). The van der Waals surface area contributed by atoms with Crippen LogP contribution < -0.4 is 15.4 Å². The van der Waals surface area contributed by atoms with Gasteiger partial charge in [-0.2, -0.15) is 5.10 Å². The number of hydrogen-bond donors (Lipinski definition) is 2. The molecule has 0 aromatic heterocycles. The standard InChI is InChI=1S/C20H20N4O3S/c1-2-27-16-10-8-15(9-11-16)22-19(26)17-12-18(25)23-20(28-17)24-21-13-14-6-4-3-5-7-14/h3-11,13,17H,2,12H2,1H3,(H,22,26)(H,23,24,25). The third kappa shape index (κ3) is 5.68. The van der Waals surface area contributed by atoms with Crippen molar-refractivity contribution in [3.8, 4) is 5.75 Å². The summed E-state index contributed by atoms with van der Waals surface area (Å²) in [7, 11) is 0. The van der Waals surface area contributed by atoms with E-state index in [4.69, 9.17) is 4.74 Å². The molecule has 0 radical (unpaired) electrons. The van der Waals surface area contributed by atoms with Crippen LogP contribution >= 0.6 is 11.8 Å². The van der Waals surface area contributed by atoms with E-state index in [0.29, 0.717) is 17.5 Å². The van der Waals surface area contributed by atoms with Gasteiger partial charge in [-0.25, -0.2) is 0 Å². The number of anilines is 1. The van der Waals surface area contributed by atoms with Crippen LogP contribution in [0.25, 0.3) is 0 Å². The lowest BCUT2D eigenvalue weighted by atomic mass is 10.2. The topological polar surface area (TPSA) is 92.1 Å². The van der Waals surface area contributed by atoms with Crippen LogP contribution in [0.4, 0.5) is 5.69 Å². The molecular formula is C20H20N4O3S. The first kappa shape index (κ1) is 19.6. The summed E-state index contributed by atoms with van der Waals surface area (Å²) in [6, 6.07) is 16.6. The molecule has 144 valence electrons. The average molecular weight is 396 g/mol. The van der Waals surface area contributed by atoms with Crippen LogP contribution in [-0.2, 0) is 9.59 Å². The third-order valence-corrected chi connectivity index (χ3v) is 4.82. The molecular weight excluding hydrogens is 376 g/mol. The van der Waals surface area contributed by atoms with Crippen LogP contribution in [0.1, 0.15) is 18.9 Å². The molecule has 1 saturated heterocycles. The van der Waals surface area contributed by atoms with Crippen molar-refractivity contribution in [3.05, 3.63) is 60.2 Å². The minimum Gasteiger partial charge on any atom is -0.494 e. The molecule has 1 fully saturated rings. The Hall–Kier alpha value is -3.13. The van der Waals surface area contributed by atoms with Gasteiger partial charge in [-0.05, 0) is 36.8 Å². The number of benzene rings is 2. The van der Waals surface area contributed by atoms with E-state index >= 15 is 0 Å². The van der Waals surface area contributed by atoms with E-state index in [1.165, 1.54) is 11.8 Å². The quantitative estimate of drug-likeness (QED) is 0.580. The van der Waals surface area contributed by atoms with Crippen molar-refractivity contribution in [1.82, 2.24) is 5.32 Å². The summed E-state index contributed by atoms with van der Waals surface area (Å²) in [6.45, 7) is 2.48. The molecule has 1 aliphatic rings. The molecule has 2 aromatic carbocycles. The second-order valence-electron chi connectivity index (χ2n) is 5.87. The predicted molar refractivity (Wildman–Crippen MR) is 112 cm³/mol. The number of ether oxygens (including phenoxy) is 1. The van der Waals surface area contributed by atoms with Crippen LogP contribution in [0, 0.1) is 0 Å². The normalized spacial score (nSPS) is 18.1. The van der Waals surface area contributed by atoms with Crippen molar-refractivity contribution >= 4 is 40.6 Å². The SMILES string of the molecule is CCOc1ccc(NC(=O)C2CC(=O)N/C(=N\N=Cc3ccccc3)S2)cc1. The summed E-state index contributed by atoms with van der Waals surface area (Å²) in [5.74, 6) is 0.209. The Labute approximate surface area is 167 Å². The number of amidine groups is 1. The number of carbonyl (C=O) groups is 2. The summed E-state index contributed by atoms with van der Waals surface area (Å²) in [6.07, 6.45) is 1.66. The fourth-order valence-electron chi connectivity index (χ4n) is 2.45. The second kappa shape index (κ2) is 9.70. The number of amides is 2. The van der Waals surface area contributed by atoms with Gasteiger partial charge < -0.3 is 15.4 Å². The van der Waals surface area contributed by atoms with E-state index < -0.39 is 5.25 Å². The monoisotopic (exact) mass is 396 g/mol. The number of nitrogens with one attached hydrogen (secondary N) is 2. The highest BCUT2D eigenvalue weighted by Gasteiger charge is 2.30. The van der Waals surface area contributed by atoms with Gasteiger partial charge in [0.2, 0.25) is 11.8 Å². The van der Waals surface area contributed by atoms with Crippen molar-refractivity contribution in [3.63, 3.8) is 0 Å². The zero-order valence-electron chi connectivity index (χ0n) is 15.3. The lowest BCUT2D eigenvalue weighted by Crippen LogP contribution is -2.41. The van der Waals surface area contributed by atoms with E-state index in [-0.39, 0.29) is 18.2 Å². The van der Waals surface area contributed by atoms with Gasteiger partial charge in [-0.15, -0.1) is 5.10 Å². The maximum absolute atomic E-state index is 12.5. The molecule has 0 saturated carbocycles. The molecule has 1 heterocycles. The van der Waals surface area contributed by atoms with Crippen LogP contribution in [0.2, 0.25) is 0 Å². The Morgan fingerprint density at radius 2 is 2.00 bits per heavy atom. The largest absolute Gasteiger partial charge is 0.494 e. The lowest BCUT2D eigenvalue weighted by Gasteiger charge is -2.21. The first-order chi connectivity index (χ1) is 13.6. The van der Waals surface area contributed by atoms with Crippen LogP contribution in [0.3, 0.4) is 0 Å². The fourth-order valence-corrected chi connectivity index (χ4v) is 3.39. The van der Waals surface area contributed by atoms with Gasteiger partial charge in [0.25, 0.3) is 0 Å². The minimum absolute atomic E-state index is 0.0783. The summed E-state index contributed by atoms with van der Waals surface area (Å²) in [5.41, 5.74) is 1.53. The zero-order valence-corrected chi connectivity index (χ0v) is 16.1. The molecule has 1 unspecified atom stereocenters. The van der Waals surface area contributed by atoms with Gasteiger partial charge in [-0.1, -0.05) is 42.1 Å². The highest BCUT2D eigenvalue weighted by Crippen LogP contribution is 2.23. The van der Waals surface area contributed by atoms with Gasteiger partial charge >= 0.3 is 0 Å². The van der Waals surface area contributed by atoms with E-state index in [0.717, 1.165) is 11.3 Å². The number of thioether (sulfide) groups is 1. The van der Waals surface area contributed by atoms with E-state index in [2.05, 4.69) is 20.8 Å². The molecule has 2 amide bonds. The Morgan fingerprint density at radius 3 is 2.71 bits per heavy atom. The summed E-state index contributed by atoms with van der Waals surface area (Å²) >= 11 is 1.18. The second-order valence-corrected chi connectivity index (χ2v) is 7.06. The minimum atomic E-state index is -0.578. The average Bonchev–Trinajstić information content (AvgIpc) is 2.70. The molecule has 0 spiro atoms. The van der Waals surface area contributed by atoms with Gasteiger partial charge in [0, 0.05) is 12.1 Å². The highest BCUT2D eigenvalue weighted by atomic mass is 32.2. The Kier molecular flexibility index (Phi) is 6.80. The molecule has 2 N–H and O–H groups in total. The molecule has 1 aliphatic heterocycles. The Bertz CT molecular complexity index is 882. The first-order valence-electron chi connectivity index (χ1n) is 8.80. The van der Waals surface area contributed by atoms with E-state index in [1.807, 2.05) is 37.3 Å². The molecule has 7 nitrogen and oxygen atoms in total. The van der Waals surface area contributed by atoms with Crippen LogP contribution in [-0.4, -0.2) is 35.1 Å². The molecule has 28 heavy (non-hydrogen) atoms. The van der Waals surface area contributed by atoms with E-state index in [9.17, 15) is 9.59 Å². The molecule has 2 aromatic rings. The molecule has 0 bridgehead atoms. The number of hydrogen-bond acceptors (Lipinski definition) is 6. The zero-order chi connectivity index (χ0) is 19.8. The molecule has 8 heteroatoms. The maximum Gasteiger partial charge on any atom is 0.238 e. The Balaban J connectivity index is 1.61. The van der Waals surface area contributed by atoms with Crippen molar-refractivity contribution in [2.45, 2.75) is 18.6 Å². The van der Waals surface area contributed by atoms with Gasteiger partial charge in [-0.3, -0.25) is 9.59 Å². The summed E-state index contributed by atoms with van der Waals surface area (Å²) in [4.78, 5) is 24.5. The number of carbonyl (C=O) groups excluding carboxylic acids is 2. The maximum atomic E-state index is 12.5. The highest BCUT2D eigenvalue weighted by molar-refractivity contribution is 8.15. The van der Waals surface area contributed by atoms with Gasteiger partial charge in [0.1, 0.15) is 11.0 Å². The van der Waals surface area contributed by atoms with Crippen molar-refractivity contribution in [2.75, 3.05) is 11.9 Å². The smallest absolute Gasteiger partial charge is 0.238 e. The molecule has 0 aliphatic carbocycles. The first-order valence-corrected chi connectivity index (χ1v) is 9.68. The molecule has 1 atom stereocenters. The number of rotatable bonds is 6.